The normalized spacial score (nSPS) is 24.8. The van der Waals surface area contributed by atoms with Crippen LogP contribution < -0.4 is 10.3 Å². The summed E-state index contributed by atoms with van der Waals surface area (Å²) in [6.45, 7) is 3.39. The van der Waals surface area contributed by atoms with Crippen LogP contribution in [-0.2, 0) is 16.0 Å². The second-order valence-electron chi connectivity index (χ2n) is 6.64. The van der Waals surface area contributed by atoms with Gasteiger partial charge in [0.05, 0.1) is 25.2 Å². The lowest BCUT2D eigenvalue weighted by molar-refractivity contribution is -0.159. The van der Waals surface area contributed by atoms with Crippen molar-refractivity contribution in [2.24, 2.45) is 5.92 Å². The molecule has 1 aliphatic carbocycles. The van der Waals surface area contributed by atoms with Gasteiger partial charge < -0.3 is 24.8 Å². The average molecular weight is 362 g/mol. The monoisotopic (exact) mass is 362 g/mol. The molecule has 0 radical (unpaired) electrons. The molecule has 3 atom stereocenters. The van der Waals surface area contributed by atoms with Crippen LogP contribution in [0.1, 0.15) is 36.6 Å². The molecule has 3 rings (SSSR count). The van der Waals surface area contributed by atoms with Crippen LogP contribution in [0.25, 0.3) is 0 Å². The van der Waals surface area contributed by atoms with E-state index < -0.39 is 23.4 Å². The maximum atomic E-state index is 12.7. The molecule has 0 aliphatic heterocycles. The van der Waals surface area contributed by atoms with E-state index in [-0.39, 0.29) is 30.1 Å². The van der Waals surface area contributed by atoms with E-state index in [0.29, 0.717) is 16.8 Å². The number of nitrogens with one attached hydrogen (secondary N) is 2. The molecule has 1 aromatic heterocycles. The lowest BCUT2D eigenvalue weighted by atomic mass is 9.66. The number of carbonyl (C=O) groups excluding carboxylic acids is 1. The molecule has 1 heterocycles. The number of hydrogen-bond donors (Lipinski definition) is 4. The van der Waals surface area contributed by atoms with Crippen LogP contribution in [0.5, 0.6) is 11.5 Å². The van der Waals surface area contributed by atoms with Crippen LogP contribution in [0.15, 0.2) is 23.0 Å². The van der Waals surface area contributed by atoms with E-state index in [0.717, 1.165) is 0 Å². The van der Waals surface area contributed by atoms with Gasteiger partial charge in [0.15, 0.2) is 11.5 Å². The number of aromatic hydroxyl groups is 1. The smallest absolute Gasteiger partial charge is 0.312 e. The maximum absolute atomic E-state index is 12.7. The highest BCUT2D eigenvalue weighted by molar-refractivity contribution is 5.77. The zero-order valence-corrected chi connectivity index (χ0v) is 14.8. The van der Waals surface area contributed by atoms with Gasteiger partial charge in [-0.25, -0.2) is 0 Å². The van der Waals surface area contributed by atoms with Crippen molar-refractivity contribution in [1.29, 1.82) is 0 Å². The number of methoxy groups -OCH3 is 1. The highest BCUT2D eigenvalue weighted by Gasteiger charge is 2.51. The summed E-state index contributed by atoms with van der Waals surface area (Å²) in [4.78, 5) is 25.1. The van der Waals surface area contributed by atoms with Crippen molar-refractivity contribution in [3.8, 4) is 11.5 Å². The number of esters is 1. The summed E-state index contributed by atoms with van der Waals surface area (Å²) in [5.41, 5.74) is -0.314. The van der Waals surface area contributed by atoms with E-state index in [1.54, 1.807) is 26.0 Å². The van der Waals surface area contributed by atoms with Gasteiger partial charge in [-0.15, -0.1) is 0 Å². The molecular formula is C18H22N2O6. The first-order valence-electron chi connectivity index (χ1n) is 8.35. The third-order valence-corrected chi connectivity index (χ3v) is 4.85. The topological polar surface area (TPSA) is 125 Å². The van der Waals surface area contributed by atoms with Crippen LogP contribution in [0.3, 0.4) is 0 Å². The van der Waals surface area contributed by atoms with E-state index in [4.69, 9.17) is 9.47 Å². The Balaban J connectivity index is 2.23. The molecule has 8 heteroatoms. The van der Waals surface area contributed by atoms with Gasteiger partial charge in [-0.05, 0) is 31.5 Å². The minimum absolute atomic E-state index is 0.0605. The Bertz CT molecular complexity index is 882. The molecule has 140 valence electrons. The summed E-state index contributed by atoms with van der Waals surface area (Å²) in [5.74, 6) is -2.17. The van der Waals surface area contributed by atoms with Crippen LogP contribution in [-0.4, -0.2) is 45.7 Å². The molecule has 0 saturated carbocycles. The summed E-state index contributed by atoms with van der Waals surface area (Å²) in [6.07, 6.45) is 0.107. The van der Waals surface area contributed by atoms with Crippen molar-refractivity contribution in [3.05, 3.63) is 45.4 Å². The Morgan fingerprint density at radius 1 is 1.38 bits per heavy atom. The van der Waals surface area contributed by atoms with Crippen LogP contribution in [0.4, 0.5) is 0 Å². The molecule has 0 spiro atoms. The number of phenols is 1. The quantitative estimate of drug-likeness (QED) is 0.602. The van der Waals surface area contributed by atoms with Gasteiger partial charge in [0.2, 0.25) is 0 Å². The van der Waals surface area contributed by atoms with E-state index in [1.165, 1.54) is 13.2 Å². The second-order valence-corrected chi connectivity index (χ2v) is 6.64. The van der Waals surface area contributed by atoms with Gasteiger partial charge in [0.1, 0.15) is 0 Å². The first-order chi connectivity index (χ1) is 12.3. The number of phenolic OH excluding ortho intramolecular Hbond substituents is 1. The van der Waals surface area contributed by atoms with Gasteiger partial charge in [-0.2, -0.15) is 0 Å². The van der Waals surface area contributed by atoms with E-state index in [1.807, 2.05) is 0 Å². The molecule has 8 nitrogen and oxygen atoms in total. The number of fused-ring (bicyclic) bond motifs is 1. The number of aliphatic hydroxyl groups is 1. The second kappa shape index (κ2) is 6.53. The number of aromatic nitrogens is 2. The van der Waals surface area contributed by atoms with Crippen LogP contribution in [0.2, 0.25) is 0 Å². The molecule has 0 saturated heterocycles. The standard InChI is InChI=1S/C18H22N2O6/c1-4-26-17(23)15-13(9-5-6-11(21)12(7-9)25-3)14-10(8-18(15,2)24)19-20-16(14)22/h5-7,13,15,21,24H,4,8H2,1-3H3,(H2,19,20,22)/t13-,15-,18+/m0/s1. The molecule has 1 aromatic carbocycles. The maximum Gasteiger partial charge on any atom is 0.312 e. The van der Waals surface area contributed by atoms with E-state index >= 15 is 0 Å². The SMILES string of the molecule is CCOC(=O)[C@@H]1[C@@H](c2ccc(O)c(OC)c2)c2c([nH][nH]c2=O)C[C@@]1(C)O. The number of benzene rings is 1. The molecular weight excluding hydrogens is 340 g/mol. The number of carbonyl (C=O) groups is 1. The first-order valence-corrected chi connectivity index (χ1v) is 8.35. The number of rotatable bonds is 4. The largest absolute Gasteiger partial charge is 0.504 e. The molecule has 0 fully saturated rings. The molecule has 26 heavy (non-hydrogen) atoms. The fraction of sp³-hybridized carbons (Fsp3) is 0.444. The number of ether oxygens (including phenoxy) is 2. The van der Waals surface area contributed by atoms with Crippen LogP contribution >= 0.6 is 0 Å². The Hall–Kier alpha value is -2.74. The average Bonchev–Trinajstić information content (AvgIpc) is 2.93. The predicted octanol–water partition coefficient (Wildman–Crippen LogP) is 1.04. The summed E-state index contributed by atoms with van der Waals surface area (Å²) in [5, 5.41) is 26.2. The number of aromatic amines is 2. The van der Waals surface area contributed by atoms with Gasteiger partial charge >= 0.3 is 5.97 Å². The molecule has 2 aromatic rings. The first kappa shape index (κ1) is 18.1. The van der Waals surface area contributed by atoms with Gasteiger partial charge in [0.25, 0.3) is 5.56 Å². The number of hydrogen-bond acceptors (Lipinski definition) is 6. The molecule has 4 N–H and O–H groups in total. The Morgan fingerprint density at radius 2 is 2.12 bits per heavy atom. The number of H-pyrrole nitrogens is 2. The van der Waals surface area contributed by atoms with Crippen molar-refractivity contribution in [2.75, 3.05) is 13.7 Å². The summed E-state index contributed by atoms with van der Waals surface area (Å²) >= 11 is 0. The van der Waals surface area contributed by atoms with Gasteiger partial charge in [-0.1, -0.05) is 6.07 Å². The Kier molecular flexibility index (Phi) is 4.53. The van der Waals surface area contributed by atoms with Crippen molar-refractivity contribution < 1.29 is 24.5 Å². The third kappa shape index (κ3) is 2.86. The highest BCUT2D eigenvalue weighted by Crippen LogP contribution is 2.45. The molecule has 0 bridgehead atoms. The van der Waals surface area contributed by atoms with E-state index in [9.17, 15) is 19.8 Å². The summed E-state index contributed by atoms with van der Waals surface area (Å²) in [6, 6.07) is 4.59. The third-order valence-electron chi connectivity index (χ3n) is 4.85. The minimum Gasteiger partial charge on any atom is -0.504 e. The van der Waals surface area contributed by atoms with Gasteiger partial charge in [-0.3, -0.25) is 14.7 Å². The minimum atomic E-state index is -1.43. The lowest BCUT2D eigenvalue weighted by Crippen LogP contribution is -2.50. The fourth-order valence-corrected chi connectivity index (χ4v) is 3.73. The van der Waals surface area contributed by atoms with Crippen molar-refractivity contribution in [1.82, 2.24) is 10.2 Å². The molecule has 0 amide bonds. The molecule has 1 aliphatic rings. The zero-order chi connectivity index (χ0) is 19.1. The highest BCUT2D eigenvalue weighted by atomic mass is 16.5. The fourth-order valence-electron chi connectivity index (χ4n) is 3.73. The van der Waals surface area contributed by atoms with Crippen LogP contribution in [0, 0.1) is 5.92 Å². The summed E-state index contributed by atoms with van der Waals surface area (Å²) in [7, 11) is 1.41. The van der Waals surface area contributed by atoms with Gasteiger partial charge in [0, 0.05) is 23.6 Å². The Morgan fingerprint density at radius 3 is 2.77 bits per heavy atom. The van der Waals surface area contributed by atoms with Crippen molar-refractivity contribution >= 4 is 5.97 Å². The summed E-state index contributed by atoms with van der Waals surface area (Å²) < 4.78 is 10.3. The Labute approximate surface area is 149 Å². The predicted molar refractivity (Wildman–Crippen MR) is 92.4 cm³/mol. The van der Waals surface area contributed by atoms with Crippen molar-refractivity contribution in [2.45, 2.75) is 31.8 Å². The van der Waals surface area contributed by atoms with E-state index in [2.05, 4.69) is 10.2 Å². The van der Waals surface area contributed by atoms with Crippen molar-refractivity contribution in [3.63, 3.8) is 0 Å². The zero-order valence-electron chi connectivity index (χ0n) is 14.8. The lowest BCUT2D eigenvalue weighted by Gasteiger charge is -2.40. The molecule has 0 unspecified atom stereocenters.